The van der Waals surface area contributed by atoms with Crippen LogP contribution >= 0.6 is 11.3 Å². The van der Waals surface area contributed by atoms with Crippen LogP contribution in [0.4, 0.5) is 9.52 Å². The number of hydrogen-bond acceptors (Lipinski definition) is 7. The van der Waals surface area contributed by atoms with Crippen molar-refractivity contribution in [1.29, 1.82) is 0 Å². The zero-order chi connectivity index (χ0) is 19.0. The van der Waals surface area contributed by atoms with Gasteiger partial charge >= 0.3 is 0 Å². The smallest absolute Gasteiger partial charge is 0.297 e. The van der Waals surface area contributed by atoms with E-state index in [1.807, 2.05) is 6.92 Å². The van der Waals surface area contributed by atoms with Crippen molar-refractivity contribution < 1.29 is 13.9 Å². The third kappa shape index (κ3) is 3.22. The summed E-state index contributed by atoms with van der Waals surface area (Å²) in [5, 5.41) is 8.88. The summed E-state index contributed by atoms with van der Waals surface area (Å²) in [6.45, 7) is 1.84. The number of methoxy groups -OCH3 is 1. The van der Waals surface area contributed by atoms with Crippen LogP contribution < -0.4 is 10.1 Å². The number of nitrogens with zero attached hydrogens (tertiary/aromatic N) is 5. The third-order valence-corrected chi connectivity index (χ3v) is 4.56. The number of ether oxygens (including phenoxy) is 1. The minimum atomic E-state index is -0.498. The van der Waals surface area contributed by atoms with Gasteiger partial charge in [0.1, 0.15) is 0 Å². The summed E-state index contributed by atoms with van der Waals surface area (Å²) < 4.78 is 20.3. The Morgan fingerprint density at radius 1 is 1.30 bits per heavy atom. The van der Waals surface area contributed by atoms with Crippen molar-refractivity contribution >= 4 is 28.2 Å². The predicted molar refractivity (Wildman–Crippen MR) is 97.5 cm³/mol. The predicted octanol–water partition coefficient (Wildman–Crippen LogP) is 2.96. The molecule has 0 bridgehead atoms. The molecule has 4 rings (SSSR count). The average molecular weight is 384 g/mol. The SMILES string of the molecule is COc1ccc(-c2csc(NC(=O)c3nc4nccc(C)n4n3)n2)cc1F. The van der Waals surface area contributed by atoms with Crippen LogP contribution in [-0.2, 0) is 0 Å². The third-order valence-electron chi connectivity index (χ3n) is 3.81. The van der Waals surface area contributed by atoms with Crippen LogP contribution in [-0.4, -0.2) is 37.6 Å². The van der Waals surface area contributed by atoms with Crippen LogP contribution in [0.15, 0.2) is 35.8 Å². The number of amides is 1. The van der Waals surface area contributed by atoms with Gasteiger partial charge in [-0.2, -0.15) is 4.98 Å². The molecule has 1 aromatic carbocycles. The molecule has 0 unspecified atom stereocenters. The topological polar surface area (TPSA) is 94.3 Å². The van der Waals surface area contributed by atoms with Gasteiger partial charge in [-0.1, -0.05) is 0 Å². The minimum Gasteiger partial charge on any atom is -0.494 e. The molecule has 0 saturated carbocycles. The van der Waals surface area contributed by atoms with Crippen molar-refractivity contribution in [2.24, 2.45) is 0 Å². The quantitative estimate of drug-likeness (QED) is 0.581. The number of aryl methyl sites for hydroxylation is 1. The summed E-state index contributed by atoms with van der Waals surface area (Å²) in [5.41, 5.74) is 1.93. The lowest BCUT2D eigenvalue weighted by atomic mass is 10.1. The molecule has 8 nitrogen and oxygen atoms in total. The molecule has 0 radical (unpaired) electrons. The number of nitrogens with one attached hydrogen (secondary N) is 1. The molecule has 136 valence electrons. The Morgan fingerprint density at radius 3 is 2.89 bits per heavy atom. The highest BCUT2D eigenvalue weighted by molar-refractivity contribution is 7.14. The maximum Gasteiger partial charge on any atom is 0.297 e. The molecule has 0 fully saturated rings. The minimum absolute atomic E-state index is 0.0101. The molecule has 10 heteroatoms. The van der Waals surface area contributed by atoms with E-state index < -0.39 is 11.7 Å². The number of halogens is 1. The van der Waals surface area contributed by atoms with Gasteiger partial charge in [-0.25, -0.2) is 18.9 Å². The van der Waals surface area contributed by atoms with Gasteiger partial charge in [0, 0.05) is 22.8 Å². The number of fused-ring (bicyclic) bond motifs is 1. The van der Waals surface area contributed by atoms with E-state index in [-0.39, 0.29) is 11.6 Å². The van der Waals surface area contributed by atoms with E-state index in [2.05, 4.69) is 25.4 Å². The molecule has 0 spiro atoms. The molecule has 27 heavy (non-hydrogen) atoms. The normalized spacial score (nSPS) is 10.9. The van der Waals surface area contributed by atoms with E-state index in [9.17, 15) is 9.18 Å². The Morgan fingerprint density at radius 2 is 2.15 bits per heavy atom. The highest BCUT2D eigenvalue weighted by atomic mass is 32.1. The highest BCUT2D eigenvalue weighted by Gasteiger charge is 2.16. The number of aromatic nitrogens is 5. The molecule has 0 aliphatic rings. The first kappa shape index (κ1) is 17.0. The number of carbonyl (C=O) groups excluding carboxylic acids is 1. The largest absolute Gasteiger partial charge is 0.494 e. The molecule has 0 saturated heterocycles. The van der Waals surface area contributed by atoms with Crippen molar-refractivity contribution in [1.82, 2.24) is 24.6 Å². The lowest BCUT2D eigenvalue weighted by Crippen LogP contribution is -2.13. The Hall–Kier alpha value is -3.40. The molecular formula is C17H13FN6O2S. The number of benzene rings is 1. The van der Waals surface area contributed by atoms with Gasteiger partial charge < -0.3 is 4.74 Å². The first-order valence-electron chi connectivity index (χ1n) is 7.84. The van der Waals surface area contributed by atoms with Crippen LogP contribution in [0.3, 0.4) is 0 Å². The number of anilines is 1. The van der Waals surface area contributed by atoms with Gasteiger partial charge in [-0.3, -0.25) is 10.1 Å². The molecule has 0 aliphatic heterocycles. The van der Waals surface area contributed by atoms with Crippen molar-refractivity contribution in [3.63, 3.8) is 0 Å². The molecule has 1 N–H and O–H groups in total. The van der Waals surface area contributed by atoms with Crippen molar-refractivity contribution in [3.05, 3.63) is 53.2 Å². The molecule has 4 aromatic rings. The molecular weight excluding hydrogens is 371 g/mol. The summed E-state index contributed by atoms with van der Waals surface area (Å²) in [7, 11) is 1.40. The first-order valence-corrected chi connectivity index (χ1v) is 8.72. The van der Waals surface area contributed by atoms with Gasteiger partial charge in [0.05, 0.1) is 12.8 Å². The standard InChI is InChI=1S/C17H13FN6O2S/c1-9-5-6-19-16-21-14(23-24(9)16)15(25)22-17-20-12(8-27-17)10-3-4-13(26-2)11(18)7-10/h3-8H,1-2H3,(H,20,22,25). The highest BCUT2D eigenvalue weighted by Crippen LogP contribution is 2.28. The van der Waals surface area contributed by atoms with Gasteiger partial charge in [0.25, 0.3) is 11.7 Å². The van der Waals surface area contributed by atoms with Crippen LogP contribution in [0.25, 0.3) is 17.0 Å². The Balaban J connectivity index is 1.55. The number of rotatable bonds is 4. The number of thiazole rings is 1. The lowest BCUT2D eigenvalue weighted by molar-refractivity contribution is 0.101. The second-order valence-electron chi connectivity index (χ2n) is 5.57. The van der Waals surface area contributed by atoms with Crippen molar-refractivity contribution in [3.8, 4) is 17.0 Å². The van der Waals surface area contributed by atoms with E-state index in [0.717, 1.165) is 5.69 Å². The van der Waals surface area contributed by atoms with E-state index in [1.165, 1.54) is 35.1 Å². The molecule has 0 aliphatic carbocycles. The zero-order valence-electron chi connectivity index (χ0n) is 14.3. The fourth-order valence-electron chi connectivity index (χ4n) is 2.45. The molecule has 3 heterocycles. The van der Waals surface area contributed by atoms with E-state index in [0.29, 0.717) is 22.2 Å². The van der Waals surface area contributed by atoms with Crippen LogP contribution in [0.1, 0.15) is 16.3 Å². The summed E-state index contributed by atoms with van der Waals surface area (Å²) in [4.78, 5) is 24.9. The van der Waals surface area contributed by atoms with E-state index >= 15 is 0 Å². The second kappa shape index (κ2) is 6.72. The Kier molecular flexibility index (Phi) is 4.24. The summed E-state index contributed by atoms with van der Waals surface area (Å²) in [6, 6.07) is 6.32. The Labute approximate surface area is 156 Å². The fourth-order valence-corrected chi connectivity index (χ4v) is 3.16. The molecule has 1 amide bonds. The van der Waals surface area contributed by atoms with Gasteiger partial charge in [-0.05, 0) is 31.2 Å². The van der Waals surface area contributed by atoms with Crippen LogP contribution in [0.2, 0.25) is 0 Å². The average Bonchev–Trinajstić information content (AvgIpc) is 3.29. The van der Waals surface area contributed by atoms with E-state index in [4.69, 9.17) is 4.74 Å². The Bertz CT molecular complexity index is 1160. The van der Waals surface area contributed by atoms with Crippen molar-refractivity contribution in [2.75, 3.05) is 12.4 Å². The zero-order valence-corrected chi connectivity index (χ0v) is 15.1. The number of hydrogen-bond donors (Lipinski definition) is 1. The monoisotopic (exact) mass is 384 g/mol. The summed E-state index contributed by atoms with van der Waals surface area (Å²) >= 11 is 1.22. The lowest BCUT2D eigenvalue weighted by Gasteiger charge is -2.03. The fraction of sp³-hybridized carbons (Fsp3) is 0.118. The van der Waals surface area contributed by atoms with Crippen LogP contribution in [0, 0.1) is 12.7 Å². The maximum atomic E-state index is 13.9. The number of carbonyl (C=O) groups is 1. The molecule has 3 aromatic heterocycles. The first-order chi connectivity index (χ1) is 13.0. The van der Waals surface area contributed by atoms with Gasteiger partial charge in [0.15, 0.2) is 16.7 Å². The summed E-state index contributed by atoms with van der Waals surface area (Å²) in [6.07, 6.45) is 1.60. The second-order valence-corrected chi connectivity index (χ2v) is 6.43. The van der Waals surface area contributed by atoms with Crippen molar-refractivity contribution in [2.45, 2.75) is 6.92 Å². The van der Waals surface area contributed by atoms with Crippen LogP contribution in [0.5, 0.6) is 5.75 Å². The molecule has 0 atom stereocenters. The van der Waals surface area contributed by atoms with Gasteiger partial charge in [0.2, 0.25) is 5.82 Å². The van der Waals surface area contributed by atoms with Gasteiger partial charge in [-0.15, -0.1) is 16.4 Å². The summed E-state index contributed by atoms with van der Waals surface area (Å²) in [5.74, 6) is -0.492. The van der Waals surface area contributed by atoms with E-state index in [1.54, 1.807) is 23.7 Å². The maximum absolute atomic E-state index is 13.9.